The molecule has 17 heteroatoms. The Morgan fingerprint density at radius 1 is 0.826 bits per heavy atom. The minimum Gasteiger partial charge on any atom is -0.387 e. The third-order valence-corrected chi connectivity index (χ3v) is 5.08. The van der Waals surface area contributed by atoms with Crippen molar-refractivity contribution in [1.29, 1.82) is 0 Å². The lowest BCUT2D eigenvalue weighted by atomic mass is 9.85. The second kappa shape index (κ2) is 6.20. The summed E-state index contributed by atoms with van der Waals surface area (Å²) in [4.78, 5) is 44.6. The van der Waals surface area contributed by atoms with Crippen molar-refractivity contribution in [2.45, 2.75) is 36.6 Å². The molecular formula is C6H13O14P3. The summed E-state index contributed by atoms with van der Waals surface area (Å²) in [5, 5.41) is 19.6. The molecule has 0 radical (unpaired) electrons. The van der Waals surface area contributed by atoms with E-state index in [1.807, 2.05) is 0 Å². The van der Waals surface area contributed by atoms with Gasteiger partial charge in [0.05, 0.1) is 0 Å². The maximum Gasteiger partial charge on any atom is 0.473 e. The van der Waals surface area contributed by atoms with Crippen molar-refractivity contribution in [1.82, 2.24) is 0 Å². The van der Waals surface area contributed by atoms with E-state index in [1.165, 1.54) is 0 Å². The quantitative estimate of drug-likeness (QED) is 0.242. The van der Waals surface area contributed by atoms with E-state index < -0.39 is 60.1 Å². The highest BCUT2D eigenvalue weighted by atomic mass is 31.2. The van der Waals surface area contributed by atoms with Gasteiger partial charge >= 0.3 is 23.5 Å². The van der Waals surface area contributed by atoms with Gasteiger partial charge in [0, 0.05) is 0 Å². The van der Waals surface area contributed by atoms with Crippen LogP contribution in [-0.2, 0) is 31.8 Å². The number of hydrogen-bond acceptors (Lipinski definition) is 9. The van der Waals surface area contributed by atoms with E-state index in [0.717, 1.165) is 0 Å². The van der Waals surface area contributed by atoms with Crippen LogP contribution in [0.2, 0.25) is 0 Å². The molecule has 7 N–H and O–H groups in total. The Morgan fingerprint density at radius 2 is 1.26 bits per heavy atom. The summed E-state index contributed by atoms with van der Waals surface area (Å²) >= 11 is 0. The first kappa shape index (κ1) is 19.6. The SMILES string of the molecule is O=P(O)(O)O[C@@H]1[C@H]2OP(=O)(O)O[C@@H]1[C@@H](O)C(O)[C@H]2OP(=O)(O)O. The zero-order valence-corrected chi connectivity index (χ0v) is 13.5. The van der Waals surface area contributed by atoms with Crippen molar-refractivity contribution in [2.75, 3.05) is 0 Å². The van der Waals surface area contributed by atoms with Crippen LogP contribution in [0.3, 0.4) is 0 Å². The first-order valence-corrected chi connectivity index (χ1v) is 10.3. The van der Waals surface area contributed by atoms with Crippen LogP contribution in [0.4, 0.5) is 0 Å². The molecule has 2 unspecified atom stereocenters. The van der Waals surface area contributed by atoms with Crippen molar-refractivity contribution < 1.29 is 66.5 Å². The molecule has 1 saturated heterocycles. The minimum atomic E-state index is -5.28. The second-order valence-electron chi connectivity index (χ2n) is 4.71. The Bertz CT molecular complexity index is 567. The lowest BCUT2D eigenvalue weighted by molar-refractivity contribution is -0.232. The molecule has 0 spiro atoms. The van der Waals surface area contributed by atoms with E-state index in [1.54, 1.807) is 0 Å². The minimum absolute atomic E-state index is 1.93. The van der Waals surface area contributed by atoms with Gasteiger partial charge in [0.2, 0.25) is 0 Å². The number of phosphoric acid groups is 3. The molecule has 7 atom stereocenters. The number of aliphatic hydroxyl groups excluding tert-OH is 2. The van der Waals surface area contributed by atoms with Gasteiger partial charge in [-0.25, -0.2) is 13.7 Å². The van der Waals surface area contributed by atoms with E-state index in [4.69, 9.17) is 19.6 Å². The smallest absolute Gasteiger partial charge is 0.387 e. The molecule has 0 aromatic rings. The topological polar surface area (TPSA) is 230 Å². The molecule has 2 bridgehead atoms. The van der Waals surface area contributed by atoms with E-state index in [9.17, 15) is 28.8 Å². The predicted octanol–water partition coefficient (Wildman–Crippen LogP) is -2.44. The Balaban J connectivity index is 2.42. The highest BCUT2D eigenvalue weighted by Crippen LogP contribution is 2.58. The molecule has 2 aliphatic rings. The summed E-state index contributed by atoms with van der Waals surface area (Å²) < 4.78 is 50.8. The van der Waals surface area contributed by atoms with Gasteiger partial charge in [-0.05, 0) is 0 Å². The third kappa shape index (κ3) is 4.66. The zero-order chi connectivity index (χ0) is 17.8. The Hall–Kier alpha value is 0.250. The normalized spacial score (nSPS) is 45.0. The fourth-order valence-electron chi connectivity index (χ4n) is 2.29. The van der Waals surface area contributed by atoms with E-state index in [0.29, 0.717) is 0 Å². The third-order valence-electron chi connectivity index (χ3n) is 3.02. The molecule has 14 nitrogen and oxygen atoms in total. The van der Waals surface area contributed by atoms with Gasteiger partial charge in [-0.1, -0.05) is 0 Å². The molecule has 0 amide bonds. The molecule has 1 heterocycles. The summed E-state index contributed by atoms with van der Waals surface area (Å²) in [5.41, 5.74) is 0. The molecule has 2 rings (SSSR count). The maximum atomic E-state index is 11.5. The standard InChI is InChI=1S/C6H13O14P3/c7-1-2(8)4-5(18-22(12,13)14)6(20-23(15,16)19-4)3(1)17-21(9,10)11/h1-8H,(H,15,16)(H2,9,10,11)(H2,12,13,14)/t1?,2-,3+,4+,5-,6-/m0/s1. The van der Waals surface area contributed by atoms with Gasteiger partial charge in [-0.3, -0.25) is 18.1 Å². The number of phosphoric ester groups is 3. The highest BCUT2D eigenvalue weighted by Gasteiger charge is 2.62. The lowest BCUT2D eigenvalue weighted by Gasteiger charge is -2.49. The first-order chi connectivity index (χ1) is 10.2. The van der Waals surface area contributed by atoms with Gasteiger partial charge in [0.15, 0.2) is 0 Å². The van der Waals surface area contributed by atoms with Crippen LogP contribution < -0.4 is 0 Å². The van der Waals surface area contributed by atoms with Gasteiger partial charge in [0.25, 0.3) is 0 Å². The Kier molecular flexibility index (Phi) is 5.28. The monoisotopic (exact) mass is 402 g/mol. The number of aliphatic hydroxyl groups is 2. The molecule has 2 fully saturated rings. The van der Waals surface area contributed by atoms with E-state index >= 15 is 0 Å². The maximum absolute atomic E-state index is 11.5. The average Bonchev–Trinajstić information content (AvgIpc) is 2.31. The number of hydrogen-bond donors (Lipinski definition) is 7. The van der Waals surface area contributed by atoms with Gasteiger partial charge in [0.1, 0.15) is 36.6 Å². The van der Waals surface area contributed by atoms with E-state index in [2.05, 4.69) is 18.1 Å². The van der Waals surface area contributed by atoms with Crippen LogP contribution in [0.15, 0.2) is 0 Å². The zero-order valence-electron chi connectivity index (χ0n) is 10.8. The van der Waals surface area contributed by atoms with Gasteiger partial charge < -0.3 is 34.7 Å². The van der Waals surface area contributed by atoms with Gasteiger partial charge in [-0.2, -0.15) is 0 Å². The average molecular weight is 402 g/mol. The number of fused-ring (bicyclic) bond motifs is 2. The Morgan fingerprint density at radius 3 is 1.74 bits per heavy atom. The summed E-state index contributed by atoms with van der Waals surface area (Å²) in [5.74, 6) is 0. The van der Waals surface area contributed by atoms with Crippen molar-refractivity contribution in [3.63, 3.8) is 0 Å². The van der Waals surface area contributed by atoms with Crippen LogP contribution in [0.25, 0.3) is 0 Å². The molecule has 23 heavy (non-hydrogen) atoms. The van der Waals surface area contributed by atoms with Crippen LogP contribution in [-0.4, -0.2) is 71.3 Å². The van der Waals surface area contributed by atoms with Crippen molar-refractivity contribution >= 4 is 23.5 Å². The fraction of sp³-hybridized carbons (Fsp3) is 1.00. The molecule has 1 aliphatic carbocycles. The molecule has 0 aromatic carbocycles. The second-order valence-corrected chi connectivity index (χ2v) is 8.45. The van der Waals surface area contributed by atoms with Crippen molar-refractivity contribution in [3.05, 3.63) is 0 Å². The summed E-state index contributed by atoms with van der Waals surface area (Å²) in [7, 11) is -15.4. The van der Waals surface area contributed by atoms with Crippen molar-refractivity contribution in [3.8, 4) is 0 Å². The Labute approximate surface area is 127 Å². The van der Waals surface area contributed by atoms with Gasteiger partial charge in [-0.15, -0.1) is 0 Å². The molecule has 0 aromatic heterocycles. The summed E-state index contributed by atoms with van der Waals surface area (Å²) in [6.45, 7) is 0. The van der Waals surface area contributed by atoms with Crippen LogP contribution in [0, 0.1) is 0 Å². The van der Waals surface area contributed by atoms with E-state index in [-0.39, 0.29) is 0 Å². The highest BCUT2D eigenvalue weighted by molar-refractivity contribution is 7.47. The van der Waals surface area contributed by atoms with Crippen LogP contribution >= 0.6 is 23.5 Å². The number of rotatable bonds is 4. The summed E-state index contributed by atoms with van der Waals surface area (Å²) in [6.07, 6.45) is -12.2. The lowest BCUT2D eigenvalue weighted by Crippen LogP contribution is -2.67. The summed E-state index contributed by atoms with van der Waals surface area (Å²) in [6, 6.07) is 0. The predicted molar refractivity (Wildman–Crippen MR) is 65.4 cm³/mol. The van der Waals surface area contributed by atoms with Crippen molar-refractivity contribution in [2.24, 2.45) is 0 Å². The fourth-order valence-corrected chi connectivity index (χ4v) is 4.55. The van der Waals surface area contributed by atoms with Crippen LogP contribution in [0.5, 0.6) is 0 Å². The first-order valence-electron chi connectivity index (χ1n) is 5.74. The molecule has 136 valence electrons. The molecule has 1 saturated carbocycles. The van der Waals surface area contributed by atoms with Crippen LogP contribution in [0.1, 0.15) is 0 Å². The molecule has 1 aliphatic heterocycles. The largest absolute Gasteiger partial charge is 0.473 e. The molecular weight excluding hydrogens is 389 g/mol.